The Bertz CT molecular complexity index is 278. The molecule has 0 aliphatic carbocycles. The van der Waals surface area contributed by atoms with E-state index in [9.17, 15) is 5.11 Å². The van der Waals surface area contributed by atoms with Gasteiger partial charge in [-0.2, -0.15) is 0 Å². The molecule has 138 valence electrons. The molecule has 0 aromatic heterocycles. The van der Waals surface area contributed by atoms with E-state index in [0.29, 0.717) is 6.17 Å². The van der Waals surface area contributed by atoms with Crippen LogP contribution < -0.4 is 0 Å². The van der Waals surface area contributed by atoms with Gasteiger partial charge in [0.2, 0.25) is 0 Å². The first-order chi connectivity index (χ1) is 11.2. The van der Waals surface area contributed by atoms with Gasteiger partial charge in [0.15, 0.2) is 0 Å². The molecule has 1 aliphatic heterocycles. The smallest absolute Gasteiger partial charge is 0.0991 e. The van der Waals surface area contributed by atoms with E-state index in [1.807, 2.05) is 0 Å². The van der Waals surface area contributed by atoms with Crippen LogP contribution in [0.4, 0.5) is 0 Å². The Morgan fingerprint density at radius 3 is 2.09 bits per heavy atom. The van der Waals surface area contributed by atoms with Gasteiger partial charge in [-0.1, -0.05) is 71.6 Å². The number of alkyl halides is 1. The van der Waals surface area contributed by atoms with Crippen LogP contribution in [0.15, 0.2) is 0 Å². The molecule has 1 fully saturated rings. The molecule has 1 N–H and O–H groups in total. The fourth-order valence-corrected chi connectivity index (χ4v) is 4.03. The molecule has 0 aromatic carbocycles. The minimum atomic E-state index is 0.118. The summed E-state index contributed by atoms with van der Waals surface area (Å²) in [6, 6.07) is 0. The van der Waals surface area contributed by atoms with E-state index in [2.05, 4.69) is 23.6 Å². The lowest BCUT2D eigenvalue weighted by Gasteiger charge is -2.30. The predicted molar refractivity (Wildman–Crippen MR) is 101 cm³/mol. The summed E-state index contributed by atoms with van der Waals surface area (Å²) in [6.07, 6.45) is 15.0. The van der Waals surface area contributed by atoms with Crippen LogP contribution in [0.2, 0.25) is 0 Å². The maximum atomic E-state index is 9.30. The number of β-amino-alcohol motifs (C(OH)–C–C–N with tert-alkyl or cyclic N) is 1. The first kappa shape index (κ1) is 21.2. The first-order valence-corrected chi connectivity index (χ1v) is 10.4. The number of aliphatic hydroxyl groups is 1. The van der Waals surface area contributed by atoms with Crippen LogP contribution in [0.3, 0.4) is 0 Å². The van der Waals surface area contributed by atoms with Crippen molar-refractivity contribution in [2.24, 2.45) is 0 Å². The van der Waals surface area contributed by atoms with Crippen LogP contribution in [0.1, 0.15) is 84.5 Å². The van der Waals surface area contributed by atoms with Crippen LogP contribution in [-0.4, -0.2) is 52.8 Å². The summed E-state index contributed by atoms with van der Waals surface area (Å²) in [6.45, 7) is 7.49. The molecule has 3 nitrogen and oxygen atoms in total. The van der Waals surface area contributed by atoms with E-state index in [4.69, 9.17) is 11.6 Å². The second-order valence-electron chi connectivity index (χ2n) is 6.99. The molecule has 1 saturated heterocycles. The van der Waals surface area contributed by atoms with Crippen LogP contribution in [0.25, 0.3) is 0 Å². The molecular weight excluding hydrogens is 308 g/mol. The zero-order chi connectivity index (χ0) is 16.9. The third kappa shape index (κ3) is 8.20. The van der Waals surface area contributed by atoms with E-state index in [-0.39, 0.29) is 12.1 Å². The molecule has 0 aromatic rings. The summed E-state index contributed by atoms with van der Waals surface area (Å²) in [7, 11) is 0. The highest BCUT2D eigenvalue weighted by atomic mass is 35.5. The highest BCUT2D eigenvalue weighted by Gasteiger charge is 2.36. The van der Waals surface area contributed by atoms with Gasteiger partial charge in [0.1, 0.15) is 0 Å². The molecular formula is C19H39ClN2O. The second kappa shape index (κ2) is 13.5. The number of hydrogen-bond donors (Lipinski definition) is 1. The van der Waals surface area contributed by atoms with E-state index in [0.717, 1.165) is 19.6 Å². The molecule has 1 heterocycles. The first-order valence-electron chi connectivity index (χ1n) is 9.99. The Balaban J connectivity index is 2.27. The monoisotopic (exact) mass is 346 g/mol. The highest BCUT2D eigenvalue weighted by Crippen LogP contribution is 2.27. The molecule has 2 unspecified atom stereocenters. The summed E-state index contributed by atoms with van der Waals surface area (Å²) in [4.78, 5) is 4.84. The van der Waals surface area contributed by atoms with Crippen LogP contribution in [-0.2, 0) is 0 Å². The Morgan fingerprint density at radius 2 is 1.48 bits per heavy atom. The van der Waals surface area contributed by atoms with Crippen molar-refractivity contribution in [1.29, 1.82) is 0 Å². The lowest BCUT2D eigenvalue weighted by molar-refractivity contribution is 0.101. The third-order valence-electron chi connectivity index (χ3n) is 5.02. The van der Waals surface area contributed by atoms with Crippen LogP contribution >= 0.6 is 11.6 Å². The van der Waals surface area contributed by atoms with E-state index in [1.54, 1.807) is 0 Å². The highest BCUT2D eigenvalue weighted by molar-refractivity contribution is 6.20. The summed E-state index contributed by atoms with van der Waals surface area (Å²) in [5.74, 6) is 0. The van der Waals surface area contributed by atoms with Gasteiger partial charge in [-0.3, -0.25) is 9.80 Å². The van der Waals surface area contributed by atoms with E-state index in [1.165, 1.54) is 70.6 Å². The molecule has 0 amide bonds. The van der Waals surface area contributed by atoms with E-state index < -0.39 is 0 Å². The van der Waals surface area contributed by atoms with Gasteiger partial charge in [0.25, 0.3) is 0 Å². The van der Waals surface area contributed by atoms with Crippen LogP contribution in [0, 0.1) is 0 Å². The largest absolute Gasteiger partial charge is 0.395 e. The van der Waals surface area contributed by atoms with Crippen molar-refractivity contribution in [1.82, 2.24) is 9.80 Å². The zero-order valence-electron chi connectivity index (χ0n) is 15.5. The fourth-order valence-electron chi connectivity index (χ4n) is 3.62. The predicted octanol–water partition coefficient (Wildman–Crippen LogP) is 4.82. The van der Waals surface area contributed by atoms with Gasteiger partial charge >= 0.3 is 0 Å². The number of rotatable bonds is 14. The Morgan fingerprint density at radius 1 is 0.870 bits per heavy atom. The van der Waals surface area contributed by atoms with Gasteiger partial charge < -0.3 is 5.11 Å². The summed E-state index contributed by atoms with van der Waals surface area (Å²) >= 11 is 6.55. The van der Waals surface area contributed by atoms with Gasteiger partial charge in [0, 0.05) is 19.6 Å². The quantitative estimate of drug-likeness (QED) is 0.277. The summed E-state index contributed by atoms with van der Waals surface area (Å²) in [5, 5.41) is 9.30. The number of nitrogens with zero attached hydrogens (tertiary/aromatic N) is 2. The minimum absolute atomic E-state index is 0.118. The molecule has 0 radical (unpaired) electrons. The molecule has 23 heavy (non-hydrogen) atoms. The van der Waals surface area contributed by atoms with Crippen molar-refractivity contribution >= 4 is 11.6 Å². The van der Waals surface area contributed by atoms with Crippen molar-refractivity contribution in [2.45, 2.75) is 96.1 Å². The molecule has 0 spiro atoms. The van der Waals surface area contributed by atoms with Gasteiger partial charge in [-0.15, -0.1) is 11.6 Å². The third-order valence-corrected chi connectivity index (χ3v) is 5.41. The number of halogens is 1. The Kier molecular flexibility index (Phi) is 12.4. The topological polar surface area (TPSA) is 26.7 Å². The van der Waals surface area contributed by atoms with E-state index >= 15 is 0 Å². The molecule has 2 atom stereocenters. The summed E-state index contributed by atoms with van der Waals surface area (Å²) < 4.78 is 0. The van der Waals surface area contributed by atoms with Gasteiger partial charge in [-0.05, 0) is 12.8 Å². The van der Waals surface area contributed by atoms with Gasteiger partial charge in [-0.25, -0.2) is 0 Å². The van der Waals surface area contributed by atoms with Crippen molar-refractivity contribution in [3.05, 3.63) is 0 Å². The van der Waals surface area contributed by atoms with Crippen molar-refractivity contribution in [3.63, 3.8) is 0 Å². The minimum Gasteiger partial charge on any atom is -0.395 e. The zero-order valence-corrected chi connectivity index (χ0v) is 16.2. The number of unbranched alkanes of at least 4 members (excludes halogenated alkanes) is 8. The SMILES string of the molecule is CCCCCCCCCCC1N(CCO)CC(Cl)N1CCCC. The molecule has 0 saturated carbocycles. The Labute approximate surface area is 149 Å². The molecule has 0 bridgehead atoms. The normalized spacial score (nSPS) is 23.0. The molecule has 1 rings (SSSR count). The average Bonchev–Trinajstić information content (AvgIpc) is 2.83. The number of hydrogen-bond acceptors (Lipinski definition) is 3. The summed E-state index contributed by atoms with van der Waals surface area (Å²) in [5.41, 5.74) is 0.118. The average molecular weight is 347 g/mol. The molecule has 1 aliphatic rings. The van der Waals surface area contributed by atoms with Crippen molar-refractivity contribution < 1.29 is 5.11 Å². The maximum Gasteiger partial charge on any atom is 0.0991 e. The fraction of sp³-hybridized carbons (Fsp3) is 1.00. The Hall–Kier alpha value is 0.170. The lowest BCUT2D eigenvalue weighted by atomic mass is 10.1. The number of aliphatic hydroxyl groups excluding tert-OH is 1. The lowest BCUT2D eigenvalue weighted by Crippen LogP contribution is -2.41. The van der Waals surface area contributed by atoms with Crippen molar-refractivity contribution in [2.75, 3.05) is 26.2 Å². The second-order valence-corrected chi connectivity index (χ2v) is 7.49. The van der Waals surface area contributed by atoms with Gasteiger partial charge in [0.05, 0.1) is 18.3 Å². The van der Waals surface area contributed by atoms with Crippen molar-refractivity contribution in [3.8, 4) is 0 Å². The maximum absolute atomic E-state index is 9.30. The van der Waals surface area contributed by atoms with Crippen LogP contribution in [0.5, 0.6) is 0 Å². The molecule has 4 heteroatoms. The standard InChI is InChI=1S/C19H39ClN2O/c1-3-5-7-8-9-10-11-12-13-19-21(15-16-23)17-18(20)22(19)14-6-4-2/h18-19,23H,3-17H2,1-2H3.